The monoisotopic (exact) mass is 287 g/mol. The van der Waals surface area contributed by atoms with Crippen LogP contribution >= 0.6 is 0 Å². The molecule has 2 unspecified atom stereocenters. The topological polar surface area (TPSA) is 75.4 Å². The van der Waals surface area contributed by atoms with E-state index in [2.05, 4.69) is 5.32 Å². The quantitative estimate of drug-likeness (QED) is 0.824. The van der Waals surface area contributed by atoms with E-state index in [0.29, 0.717) is 13.0 Å². The molecule has 3 N–H and O–H groups in total. The number of para-hydroxylation sites is 1. The molecule has 0 spiro atoms. The summed E-state index contributed by atoms with van der Waals surface area (Å²) >= 11 is 0. The number of hydrogen-bond donors (Lipinski definition) is 2. The molecule has 0 bridgehead atoms. The van der Waals surface area contributed by atoms with E-state index in [0.717, 1.165) is 11.3 Å². The molecule has 112 valence electrons. The Morgan fingerprint density at radius 1 is 1.33 bits per heavy atom. The number of carbonyl (C=O) groups excluding carboxylic acids is 2. The molecule has 2 atom stereocenters. The third kappa shape index (κ3) is 3.92. The Morgan fingerprint density at radius 2 is 2.05 bits per heavy atom. The zero-order valence-corrected chi connectivity index (χ0v) is 12.4. The maximum atomic E-state index is 12.2. The molecule has 1 aliphatic carbocycles. The van der Waals surface area contributed by atoms with Gasteiger partial charge in [0.1, 0.15) is 0 Å². The van der Waals surface area contributed by atoms with Crippen molar-refractivity contribution in [3.63, 3.8) is 0 Å². The van der Waals surface area contributed by atoms with E-state index in [4.69, 9.17) is 5.73 Å². The summed E-state index contributed by atoms with van der Waals surface area (Å²) in [6.45, 7) is 1.98. The lowest BCUT2D eigenvalue weighted by molar-refractivity contribution is -0.128. The zero-order valence-electron chi connectivity index (χ0n) is 12.4. The number of nitrogens with two attached hydrogens (primary N) is 1. The van der Waals surface area contributed by atoms with Crippen molar-refractivity contribution in [1.82, 2.24) is 4.90 Å². The lowest BCUT2D eigenvalue weighted by Crippen LogP contribution is -2.26. The van der Waals surface area contributed by atoms with E-state index in [1.807, 2.05) is 36.4 Å². The fraction of sp³-hybridized carbons (Fsp3) is 0.375. The van der Waals surface area contributed by atoms with Gasteiger partial charge in [-0.05, 0) is 18.1 Å². The number of nitrogens with zero attached hydrogens (tertiary/aromatic N) is 1. The molecule has 1 aromatic carbocycles. The number of benzene rings is 1. The Kier molecular flexibility index (Phi) is 4.75. The van der Waals surface area contributed by atoms with Crippen LogP contribution in [0.1, 0.15) is 18.9 Å². The summed E-state index contributed by atoms with van der Waals surface area (Å²) in [5, 5.41) is 2.93. The minimum Gasteiger partial charge on any atom is -0.342 e. The van der Waals surface area contributed by atoms with Crippen LogP contribution in [0.4, 0.5) is 5.69 Å². The number of hydrogen-bond acceptors (Lipinski definition) is 3. The second-order valence-electron chi connectivity index (χ2n) is 5.41. The molecule has 21 heavy (non-hydrogen) atoms. The van der Waals surface area contributed by atoms with Gasteiger partial charge < -0.3 is 16.0 Å². The Bertz CT molecular complexity index is 568. The van der Waals surface area contributed by atoms with Crippen molar-refractivity contribution >= 4 is 17.5 Å². The lowest BCUT2D eigenvalue weighted by atomic mass is 10.1. The third-order valence-corrected chi connectivity index (χ3v) is 3.67. The van der Waals surface area contributed by atoms with Gasteiger partial charge in [-0.2, -0.15) is 0 Å². The van der Waals surface area contributed by atoms with Crippen molar-refractivity contribution in [2.75, 3.05) is 12.4 Å². The summed E-state index contributed by atoms with van der Waals surface area (Å²) in [6.07, 6.45) is 4.35. The Labute approximate surface area is 124 Å². The van der Waals surface area contributed by atoms with Crippen molar-refractivity contribution < 1.29 is 9.59 Å². The fourth-order valence-corrected chi connectivity index (χ4v) is 2.29. The predicted octanol–water partition coefficient (Wildman–Crippen LogP) is 1.51. The van der Waals surface area contributed by atoms with E-state index in [1.165, 1.54) is 6.92 Å². The smallest absolute Gasteiger partial charge is 0.231 e. The highest BCUT2D eigenvalue weighted by Gasteiger charge is 2.23. The zero-order chi connectivity index (χ0) is 15.4. The first kappa shape index (κ1) is 15.3. The van der Waals surface area contributed by atoms with Gasteiger partial charge in [-0.25, -0.2) is 0 Å². The first-order chi connectivity index (χ1) is 9.97. The molecule has 2 amide bonds. The van der Waals surface area contributed by atoms with Crippen LogP contribution in [0.2, 0.25) is 0 Å². The molecule has 0 aliphatic heterocycles. The lowest BCUT2D eigenvalue weighted by Gasteiger charge is -2.18. The second kappa shape index (κ2) is 6.54. The summed E-state index contributed by atoms with van der Waals surface area (Å²) in [5.74, 6) is -0.253. The highest BCUT2D eigenvalue weighted by atomic mass is 16.2. The average Bonchev–Trinajstić information content (AvgIpc) is 2.87. The van der Waals surface area contributed by atoms with Crippen LogP contribution in [0.15, 0.2) is 36.4 Å². The van der Waals surface area contributed by atoms with Gasteiger partial charge in [-0.3, -0.25) is 9.59 Å². The van der Waals surface area contributed by atoms with Gasteiger partial charge in [0.2, 0.25) is 11.8 Å². The van der Waals surface area contributed by atoms with Crippen LogP contribution in [-0.2, 0) is 16.1 Å². The molecule has 0 fully saturated rings. The summed E-state index contributed by atoms with van der Waals surface area (Å²) in [6, 6.07) is 7.47. The average molecular weight is 287 g/mol. The van der Waals surface area contributed by atoms with Gasteiger partial charge in [0.15, 0.2) is 0 Å². The summed E-state index contributed by atoms with van der Waals surface area (Å²) in [7, 11) is 1.74. The van der Waals surface area contributed by atoms with Crippen molar-refractivity contribution in [3.8, 4) is 0 Å². The summed E-state index contributed by atoms with van der Waals surface area (Å²) in [4.78, 5) is 25.2. The molecule has 0 heterocycles. The molecule has 2 rings (SSSR count). The molecule has 5 heteroatoms. The molecule has 0 radical (unpaired) electrons. The minimum atomic E-state index is -0.182. The van der Waals surface area contributed by atoms with Crippen LogP contribution in [0.3, 0.4) is 0 Å². The number of rotatable bonds is 4. The van der Waals surface area contributed by atoms with Gasteiger partial charge in [-0.1, -0.05) is 30.4 Å². The number of nitrogens with one attached hydrogen (secondary N) is 1. The number of amides is 2. The standard InChI is InChI=1S/C16H21N3O2/c1-11(20)19(2)10-13-5-3-4-6-15(13)18-16(21)12-7-8-14(17)9-12/h3-8,12,14H,9-10,17H2,1-2H3,(H,18,21). The molecule has 0 aromatic heterocycles. The Balaban J connectivity index is 2.08. The second-order valence-corrected chi connectivity index (χ2v) is 5.41. The predicted molar refractivity (Wildman–Crippen MR) is 82.4 cm³/mol. The van der Waals surface area contributed by atoms with Crippen LogP contribution in [0.25, 0.3) is 0 Å². The molecule has 0 saturated heterocycles. The van der Waals surface area contributed by atoms with Crippen molar-refractivity contribution in [2.45, 2.75) is 25.9 Å². The van der Waals surface area contributed by atoms with E-state index in [-0.39, 0.29) is 23.8 Å². The normalized spacial score (nSPS) is 20.3. The van der Waals surface area contributed by atoms with Crippen LogP contribution in [0.5, 0.6) is 0 Å². The molecule has 1 aromatic rings. The summed E-state index contributed by atoms with van der Waals surface area (Å²) in [5.41, 5.74) is 7.43. The third-order valence-electron chi connectivity index (χ3n) is 3.67. The van der Waals surface area contributed by atoms with E-state index < -0.39 is 0 Å². The Hall–Kier alpha value is -2.14. The largest absolute Gasteiger partial charge is 0.342 e. The SMILES string of the molecule is CC(=O)N(C)Cc1ccccc1NC(=O)C1C=CC(N)C1. The molecule has 1 aliphatic rings. The van der Waals surface area contributed by atoms with E-state index in [1.54, 1.807) is 11.9 Å². The van der Waals surface area contributed by atoms with Crippen molar-refractivity contribution in [2.24, 2.45) is 11.7 Å². The molecule has 0 saturated carbocycles. The summed E-state index contributed by atoms with van der Waals surface area (Å²) < 4.78 is 0. The van der Waals surface area contributed by atoms with Gasteiger partial charge >= 0.3 is 0 Å². The van der Waals surface area contributed by atoms with Gasteiger partial charge in [0.05, 0.1) is 5.92 Å². The molecular formula is C16H21N3O2. The highest BCUT2D eigenvalue weighted by molar-refractivity contribution is 5.94. The van der Waals surface area contributed by atoms with Gasteiger partial charge in [0, 0.05) is 32.2 Å². The number of anilines is 1. The van der Waals surface area contributed by atoms with Crippen LogP contribution < -0.4 is 11.1 Å². The maximum Gasteiger partial charge on any atom is 0.231 e. The van der Waals surface area contributed by atoms with E-state index in [9.17, 15) is 9.59 Å². The van der Waals surface area contributed by atoms with Crippen LogP contribution in [0, 0.1) is 5.92 Å². The van der Waals surface area contributed by atoms with Gasteiger partial charge in [-0.15, -0.1) is 0 Å². The minimum absolute atomic E-state index is 0.0131. The van der Waals surface area contributed by atoms with Crippen molar-refractivity contribution in [1.29, 1.82) is 0 Å². The molecular weight excluding hydrogens is 266 g/mol. The molecule has 5 nitrogen and oxygen atoms in total. The van der Waals surface area contributed by atoms with E-state index >= 15 is 0 Å². The van der Waals surface area contributed by atoms with Crippen molar-refractivity contribution in [3.05, 3.63) is 42.0 Å². The highest BCUT2D eigenvalue weighted by Crippen LogP contribution is 2.21. The maximum absolute atomic E-state index is 12.2. The van der Waals surface area contributed by atoms with Gasteiger partial charge in [0.25, 0.3) is 0 Å². The first-order valence-corrected chi connectivity index (χ1v) is 7.01. The first-order valence-electron chi connectivity index (χ1n) is 7.01. The number of carbonyl (C=O) groups is 2. The van der Waals surface area contributed by atoms with Crippen LogP contribution in [-0.4, -0.2) is 29.8 Å². The fourth-order valence-electron chi connectivity index (χ4n) is 2.29. The Morgan fingerprint density at radius 3 is 2.67 bits per heavy atom.